The van der Waals surface area contributed by atoms with Gasteiger partial charge in [-0.2, -0.15) is 5.26 Å². The van der Waals surface area contributed by atoms with Crippen LogP contribution in [-0.4, -0.2) is 4.57 Å². The molecule has 0 unspecified atom stereocenters. The van der Waals surface area contributed by atoms with Gasteiger partial charge in [-0.25, -0.2) is 4.85 Å². The molecule has 162 valence electrons. The highest BCUT2D eigenvalue weighted by molar-refractivity contribution is 6.24. The molecule has 0 aliphatic rings. The summed E-state index contributed by atoms with van der Waals surface area (Å²) in [7, 11) is 0. The van der Waals surface area contributed by atoms with Crippen molar-refractivity contribution in [2.24, 2.45) is 0 Å². The first-order valence-corrected chi connectivity index (χ1v) is 11.2. The zero-order valence-electron chi connectivity index (χ0n) is 19.2. The number of fused-ring (bicyclic) bond motifs is 7. The number of benzene rings is 4. The molecule has 0 atom stereocenters. The summed E-state index contributed by atoms with van der Waals surface area (Å²) in [4.78, 5) is 3.76. The summed E-state index contributed by atoms with van der Waals surface area (Å²) in [5.74, 6) is 0. The number of aromatic nitrogens is 1. The minimum absolute atomic E-state index is 0.0311. The normalized spacial score (nSPS) is 11.9. The second-order valence-electron chi connectivity index (χ2n) is 9.65. The van der Waals surface area contributed by atoms with Crippen LogP contribution in [0, 0.1) is 17.9 Å². The van der Waals surface area contributed by atoms with E-state index in [2.05, 4.69) is 72.7 Å². The maximum absolute atomic E-state index is 9.91. The Kier molecular flexibility index (Phi) is 4.12. The summed E-state index contributed by atoms with van der Waals surface area (Å²) in [5.41, 5.74) is 6.24. The van der Waals surface area contributed by atoms with Crippen LogP contribution in [0.4, 0.5) is 5.69 Å². The maximum atomic E-state index is 9.91. The van der Waals surface area contributed by atoms with Crippen LogP contribution in [-0.2, 0) is 5.41 Å². The second kappa shape index (κ2) is 6.98. The van der Waals surface area contributed by atoms with Crippen molar-refractivity contribution in [3.63, 3.8) is 0 Å². The minimum atomic E-state index is -0.0311. The van der Waals surface area contributed by atoms with E-state index >= 15 is 0 Å². The smallest absolute Gasteiger partial charge is 0.211 e. The van der Waals surface area contributed by atoms with E-state index < -0.39 is 0 Å². The number of hydrogen-bond donors (Lipinski definition) is 0. The number of hydrogen-bond acceptors (Lipinski definition) is 2. The third-order valence-electron chi connectivity index (χ3n) is 6.62. The zero-order valence-corrected chi connectivity index (χ0v) is 19.2. The largest absolute Gasteiger partial charge is 0.455 e. The van der Waals surface area contributed by atoms with E-state index in [0.29, 0.717) is 16.9 Å². The molecule has 0 saturated heterocycles. The fourth-order valence-corrected chi connectivity index (χ4v) is 4.94. The van der Waals surface area contributed by atoms with E-state index in [9.17, 15) is 5.26 Å². The molecular weight excluding hydrogens is 418 g/mol. The van der Waals surface area contributed by atoms with Crippen molar-refractivity contribution in [3.8, 4) is 11.8 Å². The molecule has 0 saturated carbocycles. The zero-order chi connectivity index (χ0) is 23.6. The van der Waals surface area contributed by atoms with E-state index in [0.717, 1.165) is 43.7 Å². The van der Waals surface area contributed by atoms with Gasteiger partial charge in [0, 0.05) is 16.2 Å². The molecule has 4 heteroatoms. The number of nitrogens with zero attached hydrogens (tertiary/aromatic N) is 3. The van der Waals surface area contributed by atoms with Gasteiger partial charge in [0.2, 0.25) is 5.69 Å². The number of rotatable bonds is 1. The summed E-state index contributed by atoms with van der Waals surface area (Å²) >= 11 is 0. The van der Waals surface area contributed by atoms with Gasteiger partial charge in [-0.1, -0.05) is 57.2 Å². The number of para-hydroxylation sites is 2. The first-order chi connectivity index (χ1) is 16.4. The quantitative estimate of drug-likeness (QED) is 0.241. The first-order valence-electron chi connectivity index (χ1n) is 11.2. The van der Waals surface area contributed by atoms with E-state index in [1.165, 1.54) is 5.56 Å². The average Bonchev–Trinajstić information content (AvgIpc) is 3.38. The first kappa shape index (κ1) is 20.1. The van der Waals surface area contributed by atoms with Gasteiger partial charge < -0.3 is 8.98 Å². The predicted octanol–water partition coefficient (Wildman–Crippen LogP) is 8.40. The van der Waals surface area contributed by atoms with Gasteiger partial charge >= 0.3 is 0 Å². The summed E-state index contributed by atoms with van der Waals surface area (Å²) in [5, 5.41) is 14.1. The molecule has 34 heavy (non-hydrogen) atoms. The van der Waals surface area contributed by atoms with Gasteiger partial charge in [-0.3, -0.25) is 0 Å². The van der Waals surface area contributed by atoms with Crippen molar-refractivity contribution in [1.82, 2.24) is 4.57 Å². The van der Waals surface area contributed by atoms with Crippen LogP contribution in [0.25, 0.3) is 54.3 Å². The lowest BCUT2D eigenvalue weighted by atomic mass is 9.86. The SMILES string of the molecule is [C-]#[N+]c1cccc(C#N)c1-n1c2ccc(C(C)(C)C)cc2c2c3oc4ccccc4c3ccc21. The maximum Gasteiger partial charge on any atom is 0.211 e. The number of nitriles is 1. The Bertz CT molecular complexity index is 1830. The highest BCUT2D eigenvalue weighted by Crippen LogP contribution is 2.43. The summed E-state index contributed by atoms with van der Waals surface area (Å²) in [6.07, 6.45) is 0. The molecule has 6 aromatic rings. The summed E-state index contributed by atoms with van der Waals surface area (Å²) < 4.78 is 8.47. The van der Waals surface area contributed by atoms with Gasteiger partial charge in [-0.15, -0.1) is 0 Å². The second-order valence-corrected chi connectivity index (χ2v) is 9.65. The molecule has 0 spiro atoms. The van der Waals surface area contributed by atoms with Crippen molar-refractivity contribution >= 4 is 49.4 Å². The Morgan fingerprint density at radius 3 is 2.44 bits per heavy atom. The molecular formula is C30H21N3O. The molecule has 2 heterocycles. The number of furan rings is 1. The molecule has 0 bridgehead atoms. The van der Waals surface area contributed by atoms with Crippen molar-refractivity contribution in [2.45, 2.75) is 26.2 Å². The van der Waals surface area contributed by atoms with Crippen molar-refractivity contribution in [2.75, 3.05) is 0 Å². The van der Waals surface area contributed by atoms with E-state index in [1.54, 1.807) is 18.2 Å². The molecule has 0 fully saturated rings. The topological polar surface area (TPSA) is 46.2 Å². The van der Waals surface area contributed by atoms with Crippen LogP contribution >= 0.6 is 0 Å². The molecule has 4 nitrogen and oxygen atoms in total. The monoisotopic (exact) mass is 439 g/mol. The van der Waals surface area contributed by atoms with Crippen LogP contribution in [0.1, 0.15) is 31.9 Å². The van der Waals surface area contributed by atoms with Crippen LogP contribution in [0.5, 0.6) is 0 Å². The summed E-state index contributed by atoms with van der Waals surface area (Å²) in [6.45, 7) is 14.4. The van der Waals surface area contributed by atoms with Crippen molar-refractivity contribution < 1.29 is 4.42 Å². The van der Waals surface area contributed by atoms with Crippen LogP contribution in [0.15, 0.2) is 77.2 Å². The van der Waals surface area contributed by atoms with E-state index in [-0.39, 0.29) is 5.41 Å². The molecule has 4 aromatic carbocycles. The highest BCUT2D eigenvalue weighted by atomic mass is 16.3. The summed E-state index contributed by atoms with van der Waals surface area (Å²) in [6, 6.07) is 26.3. The highest BCUT2D eigenvalue weighted by Gasteiger charge is 2.23. The third-order valence-corrected chi connectivity index (χ3v) is 6.62. The molecule has 0 amide bonds. The van der Waals surface area contributed by atoms with Gasteiger partial charge in [0.05, 0.1) is 40.3 Å². The lowest BCUT2D eigenvalue weighted by molar-refractivity contribution is 0.591. The fraction of sp³-hybridized carbons (Fsp3) is 0.133. The van der Waals surface area contributed by atoms with Crippen LogP contribution in [0.3, 0.4) is 0 Å². The third kappa shape index (κ3) is 2.70. The lowest BCUT2D eigenvalue weighted by Crippen LogP contribution is -2.10. The van der Waals surface area contributed by atoms with Crippen LogP contribution < -0.4 is 0 Å². The Morgan fingerprint density at radius 2 is 1.68 bits per heavy atom. The standard InChI is InChI=1S/C30H21N3O/c1-30(2,3)19-12-14-24-22(16-19)27-25(33(24)28-18(17-31)8-7-10-23(28)32-4)15-13-21-20-9-5-6-11-26(20)34-29(21)27/h5-16H,1-3H3. The van der Waals surface area contributed by atoms with Gasteiger partial charge in [0.15, 0.2) is 0 Å². The van der Waals surface area contributed by atoms with Crippen LogP contribution in [0.2, 0.25) is 0 Å². The molecule has 0 N–H and O–H groups in total. The fourth-order valence-electron chi connectivity index (χ4n) is 4.94. The Labute approximate surface area is 197 Å². The molecule has 2 aromatic heterocycles. The van der Waals surface area contributed by atoms with Gasteiger partial charge in [-0.05, 0) is 47.4 Å². The predicted molar refractivity (Wildman–Crippen MR) is 138 cm³/mol. The van der Waals surface area contributed by atoms with E-state index in [4.69, 9.17) is 11.0 Å². The molecule has 0 radical (unpaired) electrons. The minimum Gasteiger partial charge on any atom is -0.455 e. The lowest BCUT2D eigenvalue weighted by Gasteiger charge is -2.19. The van der Waals surface area contributed by atoms with Gasteiger partial charge in [0.1, 0.15) is 11.2 Å². The Hall–Kier alpha value is -4.54. The molecule has 6 rings (SSSR count). The molecule has 0 aliphatic carbocycles. The van der Waals surface area contributed by atoms with Gasteiger partial charge in [0.25, 0.3) is 0 Å². The average molecular weight is 440 g/mol. The Morgan fingerprint density at radius 1 is 0.882 bits per heavy atom. The van der Waals surface area contributed by atoms with Crippen molar-refractivity contribution in [3.05, 3.63) is 95.3 Å². The van der Waals surface area contributed by atoms with Crippen molar-refractivity contribution in [1.29, 1.82) is 5.26 Å². The van der Waals surface area contributed by atoms with E-state index in [1.807, 2.05) is 18.2 Å². The molecule has 0 aliphatic heterocycles. The Balaban J connectivity index is 1.88.